The first-order valence-electron chi connectivity index (χ1n) is 6.09. The lowest BCUT2D eigenvalue weighted by molar-refractivity contribution is -0.143. The topological polar surface area (TPSA) is 46.5 Å². The van der Waals surface area contributed by atoms with E-state index in [2.05, 4.69) is 0 Å². The predicted molar refractivity (Wildman–Crippen MR) is 70.5 cm³/mol. The summed E-state index contributed by atoms with van der Waals surface area (Å²) >= 11 is 6.31. The Labute approximate surface area is 112 Å². The molecule has 98 valence electrons. The molecule has 1 aliphatic carbocycles. The molecular formula is C14H17ClO3. The van der Waals surface area contributed by atoms with Crippen molar-refractivity contribution >= 4 is 17.6 Å². The SMILES string of the molecule is COc1cc(C)cc(C2(C(=O)O)CCCC2)c1Cl. The van der Waals surface area contributed by atoms with E-state index in [0.717, 1.165) is 18.4 Å². The average Bonchev–Trinajstić information content (AvgIpc) is 2.82. The lowest BCUT2D eigenvalue weighted by Crippen LogP contribution is -2.33. The number of hydrogen-bond acceptors (Lipinski definition) is 2. The van der Waals surface area contributed by atoms with E-state index in [-0.39, 0.29) is 0 Å². The van der Waals surface area contributed by atoms with Gasteiger partial charge in [-0.2, -0.15) is 0 Å². The highest BCUT2D eigenvalue weighted by Gasteiger charge is 2.44. The average molecular weight is 269 g/mol. The third-order valence-electron chi connectivity index (χ3n) is 3.79. The molecule has 0 radical (unpaired) electrons. The summed E-state index contributed by atoms with van der Waals surface area (Å²) in [6.07, 6.45) is 3.15. The summed E-state index contributed by atoms with van der Waals surface area (Å²) in [7, 11) is 1.55. The number of aliphatic carboxylic acids is 1. The van der Waals surface area contributed by atoms with E-state index >= 15 is 0 Å². The zero-order valence-corrected chi connectivity index (χ0v) is 11.4. The third-order valence-corrected chi connectivity index (χ3v) is 4.18. The number of halogens is 1. The zero-order chi connectivity index (χ0) is 13.3. The van der Waals surface area contributed by atoms with E-state index in [1.165, 1.54) is 0 Å². The Morgan fingerprint density at radius 1 is 1.39 bits per heavy atom. The van der Waals surface area contributed by atoms with Crippen LogP contribution in [0.15, 0.2) is 12.1 Å². The molecule has 1 aromatic rings. The minimum Gasteiger partial charge on any atom is -0.495 e. The molecule has 1 aromatic carbocycles. The third kappa shape index (κ3) is 1.97. The van der Waals surface area contributed by atoms with Gasteiger partial charge in [0.25, 0.3) is 0 Å². The minimum atomic E-state index is -0.837. The van der Waals surface area contributed by atoms with Gasteiger partial charge in [0.1, 0.15) is 5.75 Å². The summed E-state index contributed by atoms with van der Waals surface area (Å²) in [4.78, 5) is 11.7. The zero-order valence-electron chi connectivity index (χ0n) is 10.6. The second-order valence-corrected chi connectivity index (χ2v) is 5.30. The second kappa shape index (κ2) is 4.81. The predicted octanol–water partition coefficient (Wildman–Crippen LogP) is 3.55. The van der Waals surface area contributed by atoms with Crippen molar-refractivity contribution in [3.05, 3.63) is 28.3 Å². The molecule has 1 N–H and O–H groups in total. The van der Waals surface area contributed by atoms with E-state index < -0.39 is 11.4 Å². The number of rotatable bonds is 3. The first-order chi connectivity index (χ1) is 8.51. The van der Waals surface area contributed by atoms with Crippen molar-refractivity contribution in [1.82, 2.24) is 0 Å². The maximum absolute atomic E-state index is 11.7. The van der Waals surface area contributed by atoms with Crippen molar-refractivity contribution in [2.24, 2.45) is 0 Å². The number of aryl methyl sites for hydroxylation is 1. The summed E-state index contributed by atoms with van der Waals surface area (Å²) in [5.74, 6) is -0.228. The molecular weight excluding hydrogens is 252 g/mol. The molecule has 1 saturated carbocycles. The van der Waals surface area contributed by atoms with Gasteiger partial charge >= 0.3 is 5.97 Å². The Balaban J connectivity index is 2.61. The van der Waals surface area contributed by atoms with Crippen LogP contribution in [0.3, 0.4) is 0 Å². The van der Waals surface area contributed by atoms with Gasteiger partial charge in [-0.3, -0.25) is 4.79 Å². The molecule has 0 amide bonds. The van der Waals surface area contributed by atoms with Crippen molar-refractivity contribution in [3.8, 4) is 5.75 Å². The number of hydrogen-bond donors (Lipinski definition) is 1. The number of carboxylic acids is 1. The Kier molecular flexibility index (Phi) is 3.53. The van der Waals surface area contributed by atoms with E-state index in [9.17, 15) is 9.90 Å². The van der Waals surface area contributed by atoms with Crippen molar-refractivity contribution in [1.29, 1.82) is 0 Å². The van der Waals surface area contributed by atoms with E-state index in [1.54, 1.807) is 7.11 Å². The smallest absolute Gasteiger partial charge is 0.314 e. The normalized spacial score (nSPS) is 17.7. The number of ether oxygens (including phenoxy) is 1. The van der Waals surface area contributed by atoms with Crippen LogP contribution in [-0.2, 0) is 10.2 Å². The van der Waals surface area contributed by atoms with E-state index in [4.69, 9.17) is 16.3 Å². The maximum atomic E-state index is 11.7. The first-order valence-corrected chi connectivity index (χ1v) is 6.47. The molecule has 0 heterocycles. The molecule has 4 heteroatoms. The van der Waals surface area contributed by atoms with Gasteiger partial charge < -0.3 is 9.84 Å². The lowest BCUT2D eigenvalue weighted by Gasteiger charge is -2.26. The molecule has 18 heavy (non-hydrogen) atoms. The van der Waals surface area contributed by atoms with E-state index in [1.807, 2.05) is 19.1 Å². The largest absolute Gasteiger partial charge is 0.495 e. The molecule has 0 bridgehead atoms. The monoisotopic (exact) mass is 268 g/mol. The van der Waals surface area contributed by atoms with Gasteiger partial charge in [-0.25, -0.2) is 0 Å². The molecule has 1 fully saturated rings. The fourth-order valence-electron chi connectivity index (χ4n) is 2.81. The van der Waals surface area contributed by atoms with Crippen LogP contribution in [0.5, 0.6) is 5.75 Å². The molecule has 0 saturated heterocycles. The molecule has 0 aliphatic heterocycles. The number of benzene rings is 1. The van der Waals surface area contributed by atoms with Crippen molar-refractivity contribution in [2.45, 2.75) is 38.0 Å². The van der Waals surface area contributed by atoms with Crippen molar-refractivity contribution in [3.63, 3.8) is 0 Å². The number of carboxylic acid groups (broad SMARTS) is 1. The van der Waals surface area contributed by atoms with Gasteiger partial charge in [0, 0.05) is 0 Å². The van der Waals surface area contributed by atoms with E-state index in [0.29, 0.717) is 29.2 Å². The molecule has 0 atom stereocenters. The summed E-state index contributed by atoms with van der Waals surface area (Å²) in [6, 6.07) is 3.71. The molecule has 0 spiro atoms. The van der Waals surface area contributed by atoms with Crippen LogP contribution < -0.4 is 4.74 Å². The molecule has 3 nitrogen and oxygen atoms in total. The Bertz CT molecular complexity index is 476. The molecule has 1 aliphatic rings. The van der Waals surface area contributed by atoms with Crippen LogP contribution in [0.4, 0.5) is 0 Å². The van der Waals surface area contributed by atoms with Gasteiger partial charge in [-0.1, -0.05) is 30.5 Å². The van der Waals surface area contributed by atoms with Crippen LogP contribution in [0.2, 0.25) is 5.02 Å². The van der Waals surface area contributed by atoms with Crippen LogP contribution in [0, 0.1) is 6.92 Å². The van der Waals surface area contributed by atoms with Gasteiger partial charge in [0.2, 0.25) is 0 Å². The molecule has 0 unspecified atom stereocenters. The van der Waals surface area contributed by atoms with Crippen LogP contribution in [0.25, 0.3) is 0 Å². The lowest BCUT2D eigenvalue weighted by atomic mass is 9.78. The maximum Gasteiger partial charge on any atom is 0.314 e. The first kappa shape index (κ1) is 13.2. The summed E-state index contributed by atoms with van der Waals surface area (Å²) < 4.78 is 5.23. The Morgan fingerprint density at radius 3 is 2.50 bits per heavy atom. The minimum absolute atomic E-state index is 0.437. The Hall–Kier alpha value is -1.22. The number of carbonyl (C=O) groups is 1. The summed E-state index contributed by atoms with van der Waals surface area (Å²) in [5, 5.41) is 10.0. The fourth-order valence-corrected chi connectivity index (χ4v) is 3.18. The van der Waals surface area contributed by atoms with Gasteiger partial charge in [0.05, 0.1) is 17.5 Å². The van der Waals surface area contributed by atoms with Gasteiger partial charge in [-0.15, -0.1) is 0 Å². The van der Waals surface area contributed by atoms with Crippen molar-refractivity contribution < 1.29 is 14.6 Å². The van der Waals surface area contributed by atoms with Crippen LogP contribution in [0.1, 0.15) is 36.8 Å². The summed E-state index contributed by atoms with van der Waals surface area (Å²) in [5.41, 5.74) is 0.834. The van der Waals surface area contributed by atoms with Gasteiger partial charge in [-0.05, 0) is 37.0 Å². The number of methoxy groups -OCH3 is 1. The highest BCUT2D eigenvalue weighted by molar-refractivity contribution is 6.33. The molecule has 2 rings (SSSR count). The van der Waals surface area contributed by atoms with Crippen LogP contribution in [-0.4, -0.2) is 18.2 Å². The Morgan fingerprint density at radius 2 is 2.00 bits per heavy atom. The standard InChI is InChI=1S/C14H17ClO3/c1-9-7-10(12(15)11(8-9)18-2)14(13(16)17)5-3-4-6-14/h7-8H,3-6H2,1-2H3,(H,16,17). The van der Waals surface area contributed by atoms with Crippen molar-refractivity contribution in [2.75, 3.05) is 7.11 Å². The highest BCUT2D eigenvalue weighted by atomic mass is 35.5. The second-order valence-electron chi connectivity index (χ2n) is 4.92. The highest BCUT2D eigenvalue weighted by Crippen LogP contribution is 2.46. The van der Waals surface area contributed by atoms with Crippen LogP contribution >= 0.6 is 11.6 Å². The quantitative estimate of drug-likeness (QED) is 0.912. The molecule has 0 aromatic heterocycles. The summed E-state index contributed by atoms with van der Waals surface area (Å²) in [6.45, 7) is 1.92. The fraction of sp³-hybridized carbons (Fsp3) is 0.500. The van der Waals surface area contributed by atoms with Gasteiger partial charge in [0.15, 0.2) is 0 Å².